The number of hydrogen-bond donors (Lipinski definition) is 2. The van der Waals surface area contributed by atoms with E-state index >= 15 is 0 Å². The summed E-state index contributed by atoms with van der Waals surface area (Å²) in [5, 5.41) is 11.6. The van der Waals surface area contributed by atoms with Crippen LogP contribution in [0.5, 0.6) is 11.5 Å². The van der Waals surface area contributed by atoms with Gasteiger partial charge in [-0.1, -0.05) is 158 Å². The standard InChI is InChI=1S/C53H35N3O/c54-51(56-52-43(36-15-5-2-6-16-36)30-41(33-55-52)34-13-3-1-4-14-34)37-25-23-35(24-26-37)40-27-28-42-44-29-38-17-7-8-18-39(38)31-48(44)53(47(42)32-40)45-19-9-11-21-49(45)57-50-22-12-10-20-46(50)53/h1-33H,(H2,54,55,56). The average Bonchev–Trinajstić information content (AvgIpc) is 3.55. The van der Waals surface area contributed by atoms with E-state index in [1.165, 1.54) is 33.0 Å². The Balaban J connectivity index is 1.02. The fraction of sp³-hybridized carbons (Fsp3) is 0.0189. The van der Waals surface area contributed by atoms with Crippen molar-refractivity contribution in [2.24, 2.45) is 4.99 Å². The number of nitrogens with zero attached hydrogens (tertiary/aromatic N) is 1. The minimum absolute atomic E-state index is 0.188. The number of benzene rings is 8. The minimum Gasteiger partial charge on any atom is -0.457 e. The molecule has 2 N–H and O–H groups in total. The Kier molecular flexibility index (Phi) is 7.51. The lowest BCUT2D eigenvalue weighted by molar-refractivity contribution is 0.436. The highest BCUT2D eigenvalue weighted by Gasteiger charge is 2.51. The molecule has 0 fully saturated rings. The van der Waals surface area contributed by atoms with Crippen LogP contribution in [0.15, 0.2) is 205 Å². The van der Waals surface area contributed by atoms with Gasteiger partial charge in [-0.25, -0.2) is 4.99 Å². The topological polar surface area (TPSA) is 61.2 Å². The molecule has 0 saturated heterocycles. The zero-order chi connectivity index (χ0) is 37.9. The number of H-pyrrole nitrogens is 1. The molecule has 0 atom stereocenters. The summed E-state index contributed by atoms with van der Waals surface area (Å²) in [5.74, 6) is 1.94. The van der Waals surface area contributed by atoms with Crippen molar-refractivity contribution in [2.75, 3.05) is 0 Å². The maximum atomic E-state index is 9.12. The Bertz CT molecular complexity index is 3060. The van der Waals surface area contributed by atoms with Crippen LogP contribution in [0.2, 0.25) is 0 Å². The Morgan fingerprint density at radius 3 is 1.70 bits per heavy atom. The van der Waals surface area contributed by atoms with Crippen LogP contribution in [-0.2, 0) is 5.41 Å². The molecule has 2 aliphatic rings. The lowest BCUT2D eigenvalue weighted by Gasteiger charge is -2.39. The number of nitrogens with one attached hydrogen (secondary N) is 2. The van der Waals surface area contributed by atoms with E-state index in [1.807, 2.05) is 54.7 Å². The number of ether oxygens (including phenoxy) is 1. The molecular weight excluding hydrogens is 695 g/mol. The van der Waals surface area contributed by atoms with Gasteiger partial charge in [0.2, 0.25) is 0 Å². The minimum atomic E-state index is -0.569. The van der Waals surface area contributed by atoms with Crippen LogP contribution in [-0.4, -0.2) is 10.8 Å². The van der Waals surface area contributed by atoms with E-state index in [-0.39, 0.29) is 5.84 Å². The van der Waals surface area contributed by atoms with Gasteiger partial charge < -0.3 is 9.72 Å². The van der Waals surface area contributed by atoms with Crippen LogP contribution in [0.25, 0.3) is 55.3 Å². The van der Waals surface area contributed by atoms with Crippen molar-refractivity contribution in [3.8, 4) is 56.0 Å². The van der Waals surface area contributed by atoms with Gasteiger partial charge in [0.05, 0.1) is 5.41 Å². The first-order chi connectivity index (χ1) is 28.1. The van der Waals surface area contributed by atoms with Crippen molar-refractivity contribution in [1.82, 2.24) is 4.98 Å². The third-order valence-electron chi connectivity index (χ3n) is 11.6. The van der Waals surface area contributed by atoms with Gasteiger partial charge in [0.15, 0.2) is 5.84 Å². The molecule has 2 heterocycles. The van der Waals surface area contributed by atoms with Crippen molar-refractivity contribution in [3.05, 3.63) is 234 Å². The second-order valence-electron chi connectivity index (χ2n) is 14.8. The van der Waals surface area contributed by atoms with E-state index in [1.54, 1.807) is 0 Å². The smallest absolute Gasteiger partial charge is 0.154 e. The van der Waals surface area contributed by atoms with E-state index in [0.29, 0.717) is 5.49 Å². The van der Waals surface area contributed by atoms with E-state index in [9.17, 15) is 0 Å². The van der Waals surface area contributed by atoms with Crippen LogP contribution >= 0.6 is 0 Å². The number of aromatic nitrogens is 1. The number of pyridine rings is 1. The highest BCUT2D eigenvalue weighted by molar-refractivity contribution is 5.99. The molecule has 0 unspecified atom stereocenters. The molecule has 268 valence electrons. The van der Waals surface area contributed by atoms with Crippen LogP contribution in [0.1, 0.15) is 27.8 Å². The summed E-state index contributed by atoms with van der Waals surface area (Å²) in [7, 11) is 0. The molecule has 0 radical (unpaired) electrons. The third-order valence-corrected chi connectivity index (χ3v) is 11.6. The normalized spacial score (nSPS) is 13.4. The maximum Gasteiger partial charge on any atom is 0.154 e. The van der Waals surface area contributed by atoms with Gasteiger partial charge in [-0.3, -0.25) is 5.41 Å². The maximum absolute atomic E-state index is 9.12. The number of para-hydroxylation sites is 2. The molecule has 0 amide bonds. The molecule has 57 heavy (non-hydrogen) atoms. The predicted octanol–water partition coefficient (Wildman–Crippen LogP) is 12.6. The Morgan fingerprint density at radius 2 is 1.00 bits per heavy atom. The van der Waals surface area contributed by atoms with Crippen molar-refractivity contribution in [3.63, 3.8) is 0 Å². The lowest BCUT2D eigenvalue weighted by Crippen LogP contribution is -2.32. The first kappa shape index (κ1) is 32.8. The highest BCUT2D eigenvalue weighted by Crippen LogP contribution is 2.62. The van der Waals surface area contributed by atoms with Crippen molar-refractivity contribution in [1.29, 1.82) is 5.41 Å². The monoisotopic (exact) mass is 729 g/mol. The van der Waals surface area contributed by atoms with Gasteiger partial charge in [0, 0.05) is 28.5 Å². The van der Waals surface area contributed by atoms with Crippen molar-refractivity contribution in [2.45, 2.75) is 5.41 Å². The highest BCUT2D eigenvalue weighted by atomic mass is 16.5. The molecular formula is C53H35N3O. The van der Waals surface area contributed by atoms with E-state index in [2.05, 4.69) is 151 Å². The first-order valence-corrected chi connectivity index (χ1v) is 19.3. The quantitative estimate of drug-likeness (QED) is 0.137. The zero-order valence-electron chi connectivity index (χ0n) is 30.9. The van der Waals surface area contributed by atoms with Crippen LogP contribution < -0.4 is 10.2 Å². The molecule has 9 aromatic rings. The first-order valence-electron chi connectivity index (χ1n) is 19.3. The molecule has 1 aromatic heterocycles. The number of amidine groups is 1. The molecule has 8 aromatic carbocycles. The molecule has 0 saturated carbocycles. The third kappa shape index (κ3) is 5.22. The van der Waals surface area contributed by atoms with E-state index < -0.39 is 5.41 Å². The Labute approximate surface area is 330 Å². The molecule has 1 aliphatic carbocycles. The summed E-state index contributed by atoms with van der Waals surface area (Å²) in [5.41, 5.74) is 14.4. The molecule has 1 aliphatic heterocycles. The summed E-state index contributed by atoms with van der Waals surface area (Å²) in [4.78, 5) is 8.26. The van der Waals surface area contributed by atoms with E-state index in [0.717, 1.165) is 61.6 Å². The second kappa shape index (κ2) is 13.0. The van der Waals surface area contributed by atoms with E-state index in [4.69, 9.17) is 15.1 Å². The number of aromatic amines is 1. The van der Waals surface area contributed by atoms with Crippen LogP contribution in [0.3, 0.4) is 0 Å². The largest absolute Gasteiger partial charge is 0.457 e. The molecule has 0 bridgehead atoms. The van der Waals surface area contributed by atoms with Crippen molar-refractivity contribution >= 4 is 16.6 Å². The Hall–Kier alpha value is -7.56. The fourth-order valence-electron chi connectivity index (χ4n) is 8.98. The van der Waals surface area contributed by atoms with Gasteiger partial charge in [0.25, 0.3) is 0 Å². The molecule has 4 nitrogen and oxygen atoms in total. The van der Waals surface area contributed by atoms with Gasteiger partial charge in [-0.05, 0) is 97.2 Å². The molecule has 1 spiro atoms. The summed E-state index contributed by atoms with van der Waals surface area (Å²) < 4.78 is 6.60. The summed E-state index contributed by atoms with van der Waals surface area (Å²) in [6, 6.07) is 68.2. The average molecular weight is 730 g/mol. The molecule has 4 heteroatoms. The van der Waals surface area contributed by atoms with Crippen LogP contribution in [0.4, 0.5) is 0 Å². The van der Waals surface area contributed by atoms with Gasteiger partial charge >= 0.3 is 0 Å². The Morgan fingerprint density at radius 1 is 0.439 bits per heavy atom. The number of rotatable bonds is 4. The van der Waals surface area contributed by atoms with Crippen LogP contribution in [0, 0.1) is 5.41 Å². The van der Waals surface area contributed by atoms with Gasteiger partial charge in [-0.2, -0.15) is 0 Å². The second-order valence-corrected chi connectivity index (χ2v) is 14.8. The summed E-state index contributed by atoms with van der Waals surface area (Å²) in [6.07, 6.45) is 1.97. The lowest BCUT2D eigenvalue weighted by atomic mass is 9.65. The van der Waals surface area contributed by atoms with Crippen molar-refractivity contribution < 1.29 is 4.74 Å². The molecule has 11 rings (SSSR count). The summed E-state index contributed by atoms with van der Waals surface area (Å²) in [6.45, 7) is 0. The predicted molar refractivity (Wildman–Crippen MR) is 231 cm³/mol. The number of fused-ring (bicyclic) bond motifs is 10. The number of hydrogen-bond acceptors (Lipinski definition) is 2. The zero-order valence-corrected chi connectivity index (χ0v) is 30.9. The van der Waals surface area contributed by atoms with Gasteiger partial charge in [0.1, 0.15) is 17.0 Å². The van der Waals surface area contributed by atoms with Gasteiger partial charge in [-0.15, -0.1) is 0 Å². The SMILES string of the molecule is N=C(/N=c1\[nH]cc(-c2ccccc2)cc1-c1ccccc1)c1ccc(-c2ccc3c(c2)C2(c4ccccc4Oc4ccccc42)c2cc4ccccc4cc2-3)cc1. The fourth-order valence-corrected chi connectivity index (χ4v) is 8.98. The summed E-state index contributed by atoms with van der Waals surface area (Å²) >= 11 is 0.